The maximum atomic E-state index is 13.7. The number of hydrogen-bond acceptors (Lipinski definition) is 6. The molecule has 0 radical (unpaired) electrons. The minimum absolute atomic E-state index is 0.406. The lowest BCUT2D eigenvalue weighted by molar-refractivity contribution is -0.123. The van der Waals surface area contributed by atoms with Gasteiger partial charge in [0, 0.05) is 24.5 Å². The molecule has 2 N–H and O–H groups in total. The molecule has 0 fully saturated rings. The largest absolute Gasteiger partial charge is 0.346 e. The van der Waals surface area contributed by atoms with Gasteiger partial charge in [-0.15, -0.1) is 16.8 Å². The monoisotopic (exact) mass is 476 g/mol. The van der Waals surface area contributed by atoms with Gasteiger partial charge in [0.15, 0.2) is 28.4 Å². The van der Waals surface area contributed by atoms with Crippen molar-refractivity contribution in [2.75, 3.05) is 11.9 Å². The van der Waals surface area contributed by atoms with Crippen molar-refractivity contribution in [1.82, 2.24) is 25.1 Å². The zero-order valence-corrected chi connectivity index (χ0v) is 18.2. The van der Waals surface area contributed by atoms with Crippen LogP contribution in [0.15, 0.2) is 54.5 Å². The second-order valence-corrected chi connectivity index (χ2v) is 8.00. The van der Waals surface area contributed by atoms with Gasteiger partial charge < -0.3 is 10.6 Å². The highest BCUT2D eigenvalue weighted by Gasteiger charge is 2.21. The van der Waals surface area contributed by atoms with Crippen molar-refractivity contribution in [1.29, 1.82) is 0 Å². The Kier molecular flexibility index (Phi) is 7.83. The average molecular weight is 476 g/mol. The van der Waals surface area contributed by atoms with Gasteiger partial charge in [-0.3, -0.25) is 19.1 Å². The van der Waals surface area contributed by atoms with Crippen LogP contribution in [0.25, 0.3) is 11.4 Å². The van der Waals surface area contributed by atoms with Gasteiger partial charge in [-0.1, -0.05) is 17.8 Å². The molecule has 8 nitrogen and oxygen atoms in total. The van der Waals surface area contributed by atoms with Crippen LogP contribution < -0.4 is 10.6 Å². The number of nitrogens with zero attached hydrogens (tertiary/aromatic N) is 4. The summed E-state index contributed by atoms with van der Waals surface area (Å²) in [5, 5.41) is 12.6. The molecule has 1 aromatic carbocycles. The van der Waals surface area contributed by atoms with Gasteiger partial charge in [-0.25, -0.2) is 13.2 Å². The number of anilines is 1. The number of rotatable bonds is 9. The van der Waals surface area contributed by atoms with Crippen LogP contribution in [0.2, 0.25) is 0 Å². The SMILES string of the molecule is C=CCn1c(S[C@@H](C)C(=O)NCC(=O)Nc2ccc(F)c(F)c2F)nnc1-c1ccncc1. The smallest absolute Gasteiger partial charge is 0.243 e. The first-order valence-electron chi connectivity index (χ1n) is 9.64. The van der Waals surface area contributed by atoms with Crippen LogP contribution in [0, 0.1) is 17.5 Å². The number of amides is 2. The summed E-state index contributed by atoms with van der Waals surface area (Å²) < 4.78 is 41.7. The molecule has 0 aliphatic carbocycles. The van der Waals surface area contributed by atoms with Gasteiger partial charge in [0.25, 0.3) is 0 Å². The number of allylic oxidation sites excluding steroid dienone is 1. The summed E-state index contributed by atoms with van der Waals surface area (Å²) in [5.74, 6) is -5.30. The number of hydrogen-bond donors (Lipinski definition) is 2. The van der Waals surface area contributed by atoms with Gasteiger partial charge in [-0.2, -0.15) is 0 Å². The average Bonchev–Trinajstić information content (AvgIpc) is 3.20. The summed E-state index contributed by atoms with van der Waals surface area (Å²) >= 11 is 1.13. The fourth-order valence-corrected chi connectivity index (χ4v) is 3.61. The Morgan fingerprint density at radius 3 is 2.58 bits per heavy atom. The molecule has 3 aromatic rings. The normalized spacial score (nSPS) is 11.6. The third-order valence-electron chi connectivity index (χ3n) is 4.35. The minimum Gasteiger partial charge on any atom is -0.346 e. The predicted molar refractivity (Wildman–Crippen MR) is 117 cm³/mol. The van der Waals surface area contributed by atoms with Crippen molar-refractivity contribution < 1.29 is 22.8 Å². The lowest BCUT2D eigenvalue weighted by Gasteiger charge is -2.13. The van der Waals surface area contributed by atoms with Crippen LogP contribution >= 0.6 is 11.8 Å². The van der Waals surface area contributed by atoms with Crippen molar-refractivity contribution in [3.8, 4) is 11.4 Å². The van der Waals surface area contributed by atoms with Gasteiger partial charge in [0.05, 0.1) is 17.5 Å². The number of pyridine rings is 1. The van der Waals surface area contributed by atoms with Crippen LogP contribution in [-0.2, 0) is 16.1 Å². The van der Waals surface area contributed by atoms with Gasteiger partial charge in [0.1, 0.15) is 0 Å². The molecule has 2 aromatic heterocycles. The molecule has 3 rings (SSSR count). The van der Waals surface area contributed by atoms with Crippen LogP contribution in [0.5, 0.6) is 0 Å². The minimum atomic E-state index is -1.70. The number of nitrogens with one attached hydrogen (secondary N) is 2. The van der Waals surface area contributed by atoms with Gasteiger partial charge >= 0.3 is 0 Å². The van der Waals surface area contributed by atoms with Crippen molar-refractivity contribution >= 4 is 29.3 Å². The molecule has 0 saturated carbocycles. The van der Waals surface area contributed by atoms with E-state index in [-0.39, 0.29) is 0 Å². The third kappa shape index (κ3) is 5.77. The number of benzene rings is 1. The molecule has 0 bridgehead atoms. The van der Waals surface area contributed by atoms with E-state index in [1.54, 1.807) is 42.1 Å². The Morgan fingerprint density at radius 1 is 1.15 bits per heavy atom. The van der Waals surface area contributed by atoms with E-state index in [4.69, 9.17) is 0 Å². The van der Waals surface area contributed by atoms with Crippen molar-refractivity contribution in [2.45, 2.75) is 23.9 Å². The fourth-order valence-electron chi connectivity index (χ4n) is 2.72. The molecule has 33 heavy (non-hydrogen) atoms. The fraction of sp³-hybridized carbons (Fsp3) is 0.190. The van der Waals surface area contributed by atoms with E-state index in [9.17, 15) is 22.8 Å². The van der Waals surface area contributed by atoms with Gasteiger partial charge in [0.2, 0.25) is 11.8 Å². The third-order valence-corrected chi connectivity index (χ3v) is 5.43. The second-order valence-electron chi connectivity index (χ2n) is 6.69. The van der Waals surface area contributed by atoms with E-state index in [0.717, 1.165) is 23.4 Å². The number of carbonyl (C=O) groups is 2. The van der Waals surface area contributed by atoms with Crippen molar-refractivity contribution in [3.05, 3.63) is 66.8 Å². The summed E-state index contributed by atoms with van der Waals surface area (Å²) in [6, 6.07) is 5.13. The molecule has 12 heteroatoms. The van der Waals surface area contributed by atoms with E-state index in [1.165, 1.54) is 0 Å². The molecule has 0 spiro atoms. The molecule has 0 aliphatic rings. The first-order valence-corrected chi connectivity index (χ1v) is 10.5. The second kappa shape index (κ2) is 10.8. The Labute approximate surface area is 191 Å². The Morgan fingerprint density at radius 2 is 1.88 bits per heavy atom. The molecule has 172 valence electrons. The van der Waals surface area contributed by atoms with Crippen molar-refractivity contribution in [2.24, 2.45) is 0 Å². The summed E-state index contributed by atoms with van der Waals surface area (Å²) in [5.41, 5.74) is 0.265. The molecule has 2 heterocycles. The van der Waals surface area contributed by atoms with E-state index < -0.39 is 46.7 Å². The predicted octanol–water partition coefficient (Wildman–Crippen LogP) is 3.18. The number of aromatic nitrogens is 4. The molecule has 1 atom stereocenters. The Balaban J connectivity index is 1.61. The maximum Gasteiger partial charge on any atom is 0.243 e. The molecule has 0 saturated heterocycles. The standard InChI is InChI=1S/C21H19F3N6O2S/c1-3-10-30-19(13-6-8-25-9-7-13)28-29-21(30)33-12(2)20(32)26-11-16(31)27-15-5-4-14(22)17(23)18(15)24/h3-9,12H,1,10-11H2,2H3,(H,26,32)(H,27,31)/t12-/m0/s1. The van der Waals surface area contributed by atoms with Crippen LogP contribution in [-0.4, -0.2) is 43.4 Å². The van der Waals surface area contributed by atoms with E-state index in [0.29, 0.717) is 23.6 Å². The van der Waals surface area contributed by atoms with Crippen LogP contribution in [0.1, 0.15) is 6.92 Å². The first-order chi connectivity index (χ1) is 15.8. The zero-order valence-electron chi connectivity index (χ0n) is 17.4. The molecule has 0 unspecified atom stereocenters. The number of carbonyl (C=O) groups excluding carboxylic acids is 2. The van der Waals surface area contributed by atoms with Crippen LogP contribution in [0.3, 0.4) is 0 Å². The highest BCUT2D eigenvalue weighted by molar-refractivity contribution is 8.00. The molecule has 2 amide bonds. The first kappa shape index (κ1) is 24.0. The summed E-state index contributed by atoms with van der Waals surface area (Å²) in [6.07, 6.45) is 4.93. The van der Waals surface area contributed by atoms with Crippen LogP contribution in [0.4, 0.5) is 18.9 Å². The summed E-state index contributed by atoms with van der Waals surface area (Å²) in [7, 11) is 0. The highest BCUT2D eigenvalue weighted by Crippen LogP contribution is 2.26. The Hall–Kier alpha value is -3.67. The lowest BCUT2D eigenvalue weighted by atomic mass is 10.2. The molecular formula is C21H19F3N6O2S. The topological polar surface area (TPSA) is 102 Å². The van der Waals surface area contributed by atoms with Crippen molar-refractivity contribution in [3.63, 3.8) is 0 Å². The van der Waals surface area contributed by atoms with Gasteiger partial charge in [-0.05, 0) is 31.2 Å². The van der Waals surface area contributed by atoms with E-state index in [1.807, 2.05) is 0 Å². The number of thioether (sulfide) groups is 1. The van der Waals surface area contributed by atoms with E-state index in [2.05, 4.69) is 32.4 Å². The van der Waals surface area contributed by atoms with E-state index >= 15 is 0 Å². The molecular weight excluding hydrogens is 457 g/mol. The lowest BCUT2D eigenvalue weighted by Crippen LogP contribution is -2.37. The summed E-state index contributed by atoms with van der Waals surface area (Å²) in [4.78, 5) is 28.4. The molecule has 0 aliphatic heterocycles. The highest BCUT2D eigenvalue weighted by atomic mass is 32.2. The quantitative estimate of drug-likeness (QED) is 0.280. The Bertz CT molecular complexity index is 1170. The summed E-state index contributed by atoms with van der Waals surface area (Å²) in [6.45, 7) is 5.26. The maximum absolute atomic E-state index is 13.7. The number of halogens is 3. The zero-order chi connectivity index (χ0) is 24.0.